The number of nitrogen functional groups attached to an aromatic ring is 2. The molecule has 4 N–H and O–H groups in total. The van der Waals surface area contributed by atoms with Crippen LogP contribution in [0.25, 0.3) is 11.1 Å². The van der Waals surface area contributed by atoms with Crippen molar-refractivity contribution in [2.75, 3.05) is 25.1 Å². The molecule has 0 aliphatic carbocycles. The number of nitrogens with two attached hydrogens (primary N) is 2. The predicted octanol–water partition coefficient (Wildman–Crippen LogP) is 3.78. The Labute approximate surface area is 144 Å². The summed E-state index contributed by atoms with van der Waals surface area (Å²) < 4.78 is 38.7. The van der Waals surface area contributed by atoms with Crippen LogP contribution in [0.1, 0.15) is 18.4 Å². The minimum atomic E-state index is -4.44. The van der Waals surface area contributed by atoms with Gasteiger partial charge in [-0.25, -0.2) is 0 Å². The molecule has 1 heterocycles. The van der Waals surface area contributed by atoms with Gasteiger partial charge in [0.1, 0.15) is 0 Å². The summed E-state index contributed by atoms with van der Waals surface area (Å²) in [5, 5.41) is 0. The Morgan fingerprint density at radius 3 is 2.04 bits per heavy atom. The van der Waals surface area contributed by atoms with E-state index in [2.05, 4.69) is 0 Å². The van der Waals surface area contributed by atoms with Gasteiger partial charge in [0.2, 0.25) is 5.91 Å². The van der Waals surface area contributed by atoms with Crippen LogP contribution in [-0.2, 0) is 11.0 Å². The molecule has 1 saturated heterocycles. The van der Waals surface area contributed by atoms with Crippen LogP contribution in [0.15, 0.2) is 42.5 Å². The molecule has 0 saturated carbocycles. The Kier molecular flexibility index (Phi) is 5.56. The van der Waals surface area contributed by atoms with E-state index in [4.69, 9.17) is 11.5 Å². The zero-order valence-electron chi connectivity index (χ0n) is 13.8. The number of amides is 1. The molecule has 1 fully saturated rings. The van der Waals surface area contributed by atoms with Gasteiger partial charge in [0.15, 0.2) is 0 Å². The predicted molar refractivity (Wildman–Crippen MR) is 92.6 cm³/mol. The summed E-state index contributed by atoms with van der Waals surface area (Å²) in [4.78, 5) is 12.3. The maximum absolute atomic E-state index is 12.9. The van der Waals surface area contributed by atoms with Crippen LogP contribution in [0.3, 0.4) is 0 Å². The number of nitrogens with zero attached hydrogens (tertiary/aromatic N) is 1. The summed E-state index contributed by atoms with van der Waals surface area (Å²) in [7, 11) is 1.84. The van der Waals surface area contributed by atoms with Crippen molar-refractivity contribution in [3.63, 3.8) is 0 Å². The van der Waals surface area contributed by atoms with Crippen LogP contribution in [0.5, 0.6) is 0 Å². The van der Waals surface area contributed by atoms with E-state index < -0.39 is 11.7 Å². The van der Waals surface area contributed by atoms with Crippen LogP contribution < -0.4 is 11.5 Å². The van der Waals surface area contributed by atoms with Gasteiger partial charge in [-0.05, 0) is 41.8 Å². The fourth-order valence-electron chi connectivity index (χ4n) is 2.49. The number of carbonyl (C=O) groups excluding carboxylic acids is 1. The lowest BCUT2D eigenvalue weighted by Gasteiger charge is -2.13. The average molecular weight is 351 g/mol. The first kappa shape index (κ1) is 18.6. The lowest BCUT2D eigenvalue weighted by Crippen LogP contribution is -2.17. The first-order chi connectivity index (χ1) is 11.7. The topological polar surface area (TPSA) is 72.3 Å². The number of alkyl halides is 3. The molecule has 1 aliphatic heterocycles. The van der Waals surface area contributed by atoms with Gasteiger partial charge in [0.05, 0.1) is 5.56 Å². The zero-order chi connectivity index (χ0) is 18.6. The minimum absolute atomic E-state index is 0.0847. The van der Waals surface area contributed by atoms with Gasteiger partial charge in [-0.3, -0.25) is 4.79 Å². The Morgan fingerprint density at radius 1 is 1.00 bits per heavy atom. The standard InChI is InChI=1S/C13H11F3N2.C5H9NO/c14-13(15,16)12-7-10(18)5-6-11(12)8-1-3-9(17)4-2-8;1-6-4-2-3-5(6)7/h1-7H,17-18H2;2-4H2,1H3. The fraction of sp³-hybridized carbons (Fsp3) is 0.278. The van der Waals surface area contributed by atoms with Crippen LogP contribution in [-0.4, -0.2) is 24.4 Å². The maximum atomic E-state index is 12.9. The Morgan fingerprint density at radius 2 is 1.60 bits per heavy atom. The van der Waals surface area contributed by atoms with Crippen molar-refractivity contribution >= 4 is 17.3 Å². The van der Waals surface area contributed by atoms with Gasteiger partial charge < -0.3 is 16.4 Å². The molecule has 1 aliphatic rings. The Hall–Kier alpha value is -2.70. The van der Waals surface area contributed by atoms with Crippen molar-refractivity contribution in [2.24, 2.45) is 0 Å². The molecule has 2 aromatic rings. The summed E-state index contributed by atoms with van der Waals surface area (Å²) in [6, 6.07) is 9.97. The normalized spacial score (nSPS) is 14.2. The summed E-state index contributed by atoms with van der Waals surface area (Å²) >= 11 is 0. The van der Waals surface area contributed by atoms with E-state index in [9.17, 15) is 18.0 Å². The molecule has 25 heavy (non-hydrogen) atoms. The number of rotatable bonds is 1. The van der Waals surface area contributed by atoms with Gasteiger partial charge in [-0.15, -0.1) is 0 Å². The molecule has 0 spiro atoms. The third kappa shape index (κ3) is 4.89. The summed E-state index contributed by atoms with van der Waals surface area (Å²) in [6.07, 6.45) is -2.63. The summed E-state index contributed by atoms with van der Waals surface area (Å²) in [5.74, 6) is 0.292. The number of anilines is 2. The van der Waals surface area contributed by atoms with Crippen LogP contribution in [0.2, 0.25) is 0 Å². The smallest absolute Gasteiger partial charge is 0.399 e. The summed E-state index contributed by atoms with van der Waals surface area (Å²) in [5.41, 5.74) is 11.3. The van der Waals surface area contributed by atoms with Crippen LogP contribution in [0, 0.1) is 0 Å². The molecular formula is C18H20F3N3O. The maximum Gasteiger partial charge on any atom is 0.417 e. The molecule has 4 nitrogen and oxygen atoms in total. The van der Waals surface area contributed by atoms with Crippen LogP contribution >= 0.6 is 0 Å². The number of likely N-dealkylation sites (tertiary alicyclic amines) is 1. The molecule has 0 unspecified atom stereocenters. The van der Waals surface area contributed by atoms with E-state index >= 15 is 0 Å². The molecule has 134 valence electrons. The van der Waals surface area contributed by atoms with Crippen molar-refractivity contribution in [3.05, 3.63) is 48.0 Å². The summed E-state index contributed by atoms with van der Waals surface area (Å²) in [6.45, 7) is 0.957. The molecule has 1 amide bonds. The average Bonchev–Trinajstić information content (AvgIpc) is 2.91. The molecule has 3 rings (SSSR count). The first-order valence-corrected chi connectivity index (χ1v) is 7.75. The second-order valence-electron chi connectivity index (χ2n) is 5.84. The number of halogens is 3. The highest BCUT2D eigenvalue weighted by molar-refractivity contribution is 5.77. The van der Waals surface area contributed by atoms with E-state index in [1.807, 2.05) is 7.05 Å². The lowest BCUT2D eigenvalue weighted by molar-refractivity contribution is -0.137. The van der Waals surface area contributed by atoms with Gasteiger partial charge in [-0.1, -0.05) is 18.2 Å². The molecule has 2 aromatic carbocycles. The van der Waals surface area contributed by atoms with Crippen molar-refractivity contribution < 1.29 is 18.0 Å². The van der Waals surface area contributed by atoms with Crippen molar-refractivity contribution in [1.82, 2.24) is 4.90 Å². The third-order valence-electron chi connectivity index (χ3n) is 3.88. The fourth-order valence-corrected chi connectivity index (χ4v) is 2.49. The van der Waals surface area contributed by atoms with Gasteiger partial charge in [0, 0.05) is 31.4 Å². The molecule has 0 atom stereocenters. The molecule has 0 bridgehead atoms. The number of carbonyl (C=O) groups is 1. The highest BCUT2D eigenvalue weighted by atomic mass is 19.4. The van der Waals surface area contributed by atoms with Gasteiger partial charge in [-0.2, -0.15) is 13.2 Å². The molecular weight excluding hydrogens is 331 g/mol. The quantitative estimate of drug-likeness (QED) is 0.768. The van der Waals surface area contributed by atoms with Crippen molar-refractivity contribution in [1.29, 1.82) is 0 Å². The van der Waals surface area contributed by atoms with E-state index in [0.717, 1.165) is 25.5 Å². The lowest BCUT2D eigenvalue weighted by atomic mass is 9.98. The third-order valence-corrected chi connectivity index (χ3v) is 3.88. The highest BCUT2D eigenvalue weighted by Crippen LogP contribution is 2.38. The number of hydrogen-bond acceptors (Lipinski definition) is 3. The first-order valence-electron chi connectivity index (χ1n) is 7.75. The SMILES string of the molecule is CN1CCCC1=O.Nc1ccc(-c2ccc(N)cc2C(F)(F)F)cc1. The number of benzene rings is 2. The van der Waals surface area contributed by atoms with E-state index in [0.29, 0.717) is 17.2 Å². The van der Waals surface area contributed by atoms with E-state index in [1.54, 1.807) is 29.2 Å². The largest absolute Gasteiger partial charge is 0.417 e. The van der Waals surface area contributed by atoms with Crippen molar-refractivity contribution in [2.45, 2.75) is 19.0 Å². The molecule has 7 heteroatoms. The van der Waals surface area contributed by atoms with E-state index in [1.165, 1.54) is 12.1 Å². The van der Waals surface area contributed by atoms with Crippen molar-refractivity contribution in [3.8, 4) is 11.1 Å². The van der Waals surface area contributed by atoms with E-state index in [-0.39, 0.29) is 11.3 Å². The Bertz CT molecular complexity index is 742. The van der Waals surface area contributed by atoms with Gasteiger partial charge in [0.25, 0.3) is 0 Å². The number of hydrogen-bond donors (Lipinski definition) is 2. The zero-order valence-corrected chi connectivity index (χ0v) is 13.8. The second-order valence-corrected chi connectivity index (χ2v) is 5.84. The minimum Gasteiger partial charge on any atom is -0.399 e. The van der Waals surface area contributed by atoms with Gasteiger partial charge >= 0.3 is 6.18 Å². The molecule has 0 aromatic heterocycles. The highest BCUT2D eigenvalue weighted by Gasteiger charge is 2.33. The van der Waals surface area contributed by atoms with Crippen LogP contribution in [0.4, 0.5) is 24.5 Å². The monoisotopic (exact) mass is 351 g/mol. The Balaban J connectivity index is 0.000000269. The molecule has 0 radical (unpaired) electrons. The second kappa shape index (κ2) is 7.46.